The molecule has 0 aliphatic heterocycles. The number of nitrogens with zero attached hydrogens (tertiary/aromatic N) is 1. The van der Waals surface area contributed by atoms with Gasteiger partial charge in [0.2, 0.25) is 5.76 Å². The normalized spacial score (nSPS) is 20.2. The van der Waals surface area contributed by atoms with Gasteiger partial charge in [0.1, 0.15) is 5.69 Å². The molecule has 0 saturated heterocycles. The van der Waals surface area contributed by atoms with Gasteiger partial charge in [0.05, 0.1) is 0 Å². The van der Waals surface area contributed by atoms with Crippen molar-refractivity contribution in [2.24, 2.45) is 11.7 Å². The third-order valence-electron chi connectivity index (χ3n) is 4.38. The third kappa shape index (κ3) is 4.29. The number of aromatic nitrogens is 1. The average Bonchev–Trinajstić information content (AvgIpc) is 3.05. The molecule has 5 nitrogen and oxygen atoms in total. The van der Waals surface area contributed by atoms with Crippen molar-refractivity contribution < 1.29 is 9.32 Å². The highest BCUT2D eigenvalue weighted by Crippen LogP contribution is 2.25. The summed E-state index contributed by atoms with van der Waals surface area (Å²) in [6.45, 7) is 0.592. The molecule has 0 radical (unpaired) electrons. The van der Waals surface area contributed by atoms with Gasteiger partial charge in [-0.3, -0.25) is 4.79 Å². The lowest BCUT2D eigenvalue weighted by Gasteiger charge is -2.30. The molecule has 130 valence electrons. The molecule has 1 fully saturated rings. The van der Waals surface area contributed by atoms with Gasteiger partial charge in [-0.15, -0.1) is 12.4 Å². The van der Waals surface area contributed by atoms with Crippen molar-refractivity contribution in [1.29, 1.82) is 0 Å². The molecule has 1 saturated carbocycles. The number of benzene rings is 1. The van der Waals surface area contributed by atoms with Gasteiger partial charge in [0.25, 0.3) is 5.91 Å². The summed E-state index contributed by atoms with van der Waals surface area (Å²) < 4.78 is 5.19. The van der Waals surface area contributed by atoms with Gasteiger partial charge in [-0.25, -0.2) is 0 Å². The van der Waals surface area contributed by atoms with E-state index in [1.807, 2.05) is 12.1 Å². The Morgan fingerprint density at radius 1 is 1.33 bits per heavy atom. The highest BCUT2D eigenvalue weighted by molar-refractivity contribution is 6.30. The molecule has 2 unspecified atom stereocenters. The first kappa shape index (κ1) is 18.8. The molecule has 0 bridgehead atoms. The first-order valence-electron chi connectivity index (χ1n) is 7.91. The molecule has 1 amide bonds. The summed E-state index contributed by atoms with van der Waals surface area (Å²) >= 11 is 5.98. The van der Waals surface area contributed by atoms with Gasteiger partial charge in [-0.05, 0) is 37.4 Å². The minimum Gasteiger partial charge on any atom is -0.350 e. The zero-order valence-corrected chi connectivity index (χ0v) is 14.8. The van der Waals surface area contributed by atoms with Crippen molar-refractivity contribution in [3.63, 3.8) is 0 Å². The summed E-state index contributed by atoms with van der Waals surface area (Å²) in [4.78, 5) is 12.4. The van der Waals surface area contributed by atoms with Gasteiger partial charge in [-0.1, -0.05) is 41.7 Å². The largest absolute Gasteiger partial charge is 0.350 e. The van der Waals surface area contributed by atoms with Crippen molar-refractivity contribution in [1.82, 2.24) is 10.5 Å². The number of nitrogens with two attached hydrogens (primary N) is 1. The van der Waals surface area contributed by atoms with Crippen LogP contribution in [-0.2, 0) is 0 Å². The molecular weight excluding hydrogens is 349 g/mol. The van der Waals surface area contributed by atoms with Gasteiger partial charge >= 0.3 is 0 Å². The van der Waals surface area contributed by atoms with Crippen molar-refractivity contribution >= 4 is 29.9 Å². The van der Waals surface area contributed by atoms with Crippen LogP contribution in [0.3, 0.4) is 0 Å². The van der Waals surface area contributed by atoms with Crippen LogP contribution in [0.2, 0.25) is 5.02 Å². The number of rotatable bonds is 4. The number of hydrogen-bond donors (Lipinski definition) is 2. The molecule has 3 rings (SSSR count). The summed E-state index contributed by atoms with van der Waals surface area (Å²) in [6.07, 6.45) is 4.32. The van der Waals surface area contributed by atoms with Crippen LogP contribution < -0.4 is 11.1 Å². The number of hydrogen-bond acceptors (Lipinski definition) is 4. The van der Waals surface area contributed by atoms with E-state index in [2.05, 4.69) is 10.5 Å². The monoisotopic (exact) mass is 369 g/mol. The fourth-order valence-electron chi connectivity index (χ4n) is 3.09. The number of amides is 1. The van der Waals surface area contributed by atoms with Crippen LogP contribution in [0.4, 0.5) is 0 Å². The molecule has 2 aromatic rings. The fourth-order valence-corrected chi connectivity index (χ4v) is 3.28. The molecule has 1 aliphatic rings. The lowest BCUT2D eigenvalue weighted by molar-refractivity contribution is 0.0870. The maximum absolute atomic E-state index is 12.4. The van der Waals surface area contributed by atoms with Crippen molar-refractivity contribution in [2.75, 3.05) is 6.54 Å². The minimum atomic E-state index is -0.240. The van der Waals surface area contributed by atoms with E-state index >= 15 is 0 Å². The van der Waals surface area contributed by atoms with Crippen molar-refractivity contribution in [2.45, 2.75) is 31.7 Å². The molecule has 1 aliphatic carbocycles. The van der Waals surface area contributed by atoms with Crippen LogP contribution in [0.15, 0.2) is 34.9 Å². The second-order valence-electron chi connectivity index (χ2n) is 5.95. The molecule has 0 spiro atoms. The Kier molecular flexibility index (Phi) is 6.66. The van der Waals surface area contributed by atoms with E-state index in [-0.39, 0.29) is 30.1 Å². The first-order chi connectivity index (χ1) is 11.2. The zero-order valence-electron chi connectivity index (χ0n) is 13.2. The lowest BCUT2D eigenvalue weighted by atomic mass is 9.84. The molecule has 3 N–H and O–H groups in total. The topological polar surface area (TPSA) is 81.1 Å². The Hall–Kier alpha value is -1.56. The van der Waals surface area contributed by atoms with E-state index in [4.69, 9.17) is 21.9 Å². The zero-order chi connectivity index (χ0) is 16.2. The highest BCUT2D eigenvalue weighted by Gasteiger charge is 2.27. The Morgan fingerprint density at radius 3 is 2.88 bits per heavy atom. The molecule has 2 atom stereocenters. The molecule has 1 aromatic carbocycles. The third-order valence-corrected chi connectivity index (χ3v) is 4.62. The minimum absolute atomic E-state index is 0. The van der Waals surface area contributed by atoms with Crippen LogP contribution in [0.5, 0.6) is 0 Å². The van der Waals surface area contributed by atoms with Gasteiger partial charge in [0.15, 0.2) is 0 Å². The summed E-state index contributed by atoms with van der Waals surface area (Å²) in [6, 6.07) is 9.03. The van der Waals surface area contributed by atoms with Gasteiger partial charge in [-0.2, -0.15) is 0 Å². The van der Waals surface area contributed by atoms with E-state index in [0.717, 1.165) is 24.8 Å². The van der Waals surface area contributed by atoms with Crippen molar-refractivity contribution in [3.05, 3.63) is 41.1 Å². The standard InChI is InChI=1S/C17H20ClN3O2.ClH/c18-13-6-3-5-11(8-13)15-9-16(23-21-15)17(22)20-14-7-2-1-4-12(14)10-19;/h3,5-6,8-9,12,14H,1-2,4,7,10,19H2,(H,20,22);1H. The lowest BCUT2D eigenvalue weighted by Crippen LogP contribution is -2.44. The number of carbonyl (C=O) groups is 1. The predicted octanol–water partition coefficient (Wildman–Crippen LogP) is 3.66. The van der Waals surface area contributed by atoms with E-state index < -0.39 is 0 Å². The van der Waals surface area contributed by atoms with Crippen molar-refractivity contribution in [3.8, 4) is 11.3 Å². The summed E-state index contributed by atoms with van der Waals surface area (Å²) in [5.74, 6) is 0.306. The Labute approximate surface area is 152 Å². The second kappa shape index (κ2) is 8.51. The van der Waals surface area contributed by atoms with Crippen LogP contribution in [0.1, 0.15) is 36.2 Å². The van der Waals surface area contributed by atoms with Crippen LogP contribution >= 0.6 is 24.0 Å². The predicted molar refractivity (Wildman–Crippen MR) is 96.5 cm³/mol. The SMILES string of the molecule is Cl.NCC1CCCCC1NC(=O)c1cc(-c2cccc(Cl)c2)no1. The van der Waals surface area contributed by atoms with E-state index in [9.17, 15) is 4.79 Å². The number of carbonyl (C=O) groups excluding carboxylic acids is 1. The second-order valence-corrected chi connectivity index (χ2v) is 6.38. The molecule has 7 heteroatoms. The molecule has 1 aromatic heterocycles. The van der Waals surface area contributed by atoms with Crippen LogP contribution in [0, 0.1) is 5.92 Å². The van der Waals surface area contributed by atoms with Gasteiger partial charge < -0.3 is 15.6 Å². The Bertz CT molecular complexity index is 690. The van der Waals surface area contributed by atoms with Crippen LogP contribution in [-0.4, -0.2) is 23.7 Å². The maximum atomic E-state index is 12.4. The Morgan fingerprint density at radius 2 is 2.12 bits per heavy atom. The number of halogens is 2. The van der Waals surface area contributed by atoms with E-state index in [1.165, 1.54) is 6.42 Å². The first-order valence-corrected chi connectivity index (χ1v) is 8.29. The van der Waals surface area contributed by atoms with Crippen LogP contribution in [0.25, 0.3) is 11.3 Å². The summed E-state index contributed by atoms with van der Waals surface area (Å²) in [5.41, 5.74) is 7.21. The summed E-state index contributed by atoms with van der Waals surface area (Å²) in [5, 5.41) is 7.61. The molecular formula is C17H21Cl2N3O2. The molecule has 24 heavy (non-hydrogen) atoms. The average molecular weight is 370 g/mol. The quantitative estimate of drug-likeness (QED) is 0.861. The fraction of sp³-hybridized carbons (Fsp3) is 0.412. The van der Waals surface area contributed by atoms with Gasteiger partial charge in [0, 0.05) is 22.7 Å². The summed E-state index contributed by atoms with van der Waals surface area (Å²) in [7, 11) is 0. The highest BCUT2D eigenvalue weighted by atomic mass is 35.5. The smallest absolute Gasteiger partial charge is 0.290 e. The Balaban J connectivity index is 0.00000208. The number of nitrogens with one attached hydrogen (secondary N) is 1. The maximum Gasteiger partial charge on any atom is 0.290 e. The molecule has 1 heterocycles. The van der Waals surface area contributed by atoms with E-state index in [0.29, 0.717) is 23.2 Å². The van der Waals surface area contributed by atoms with E-state index in [1.54, 1.807) is 18.2 Å².